The molecule has 1 fully saturated rings. The fraction of sp³-hybridized carbons (Fsp3) is 0.391. The molecule has 3 N–H and O–H groups in total. The van der Waals surface area contributed by atoms with Gasteiger partial charge in [0.1, 0.15) is 0 Å². The van der Waals surface area contributed by atoms with Crippen LogP contribution in [-0.4, -0.2) is 48.9 Å². The lowest BCUT2D eigenvalue weighted by atomic mass is 10.1. The third kappa shape index (κ3) is 4.15. The molecule has 0 saturated carbocycles. The Hall–Kier alpha value is -3.84. The summed E-state index contributed by atoms with van der Waals surface area (Å²) in [5, 5.41) is 9.26. The predicted molar refractivity (Wildman–Crippen MR) is 125 cm³/mol. The molecule has 0 bridgehead atoms. The van der Waals surface area contributed by atoms with E-state index in [1.165, 1.54) is 16.7 Å². The van der Waals surface area contributed by atoms with Gasteiger partial charge in [-0.1, -0.05) is 18.1 Å². The summed E-state index contributed by atoms with van der Waals surface area (Å²) in [5.41, 5.74) is 6.34. The minimum absolute atomic E-state index is 0.00580. The number of aromatic carboxylic acids is 1. The van der Waals surface area contributed by atoms with Crippen molar-refractivity contribution in [2.24, 2.45) is 12.8 Å². The molecule has 3 aromatic rings. The van der Waals surface area contributed by atoms with Gasteiger partial charge in [-0.25, -0.2) is 9.59 Å². The van der Waals surface area contributed by atoms with Crippen LogP contribution in [0.1, 0.15) is 35.7 Å². The molecular formula is C23H26N6O4. The zero-order chi connectivity index (χ0) is 23.7. The Morgan fingerprint density at radius 3 is 2.79 bits per heavy atom. The lowest BCUT2D eigenvalue weighted by Gasteiger charge is -2.31. The van der Waals surface area contributed by atoms with Crippen LogP contribution in [0.3, 0.4) is 0 Å². The molecular weight excluding hydrogens is 424 g/mol. The van der Waals surface area contributed by atoms with Gasteiger partial charge in [0.2, 0.25) is 5.95 Å². The van der Waals surface area contributed by atoms with E-state index in [0.29, 0.717) is 18.1 Å². The number of carboxylic acids is 1. The Morgan fingerprint density at radius 2 is 2.09 bits per heavy atom. The summed E-state index contributed by atoms with van der Waals surface area (Å²) in [6, 6.07) is 6.20. The summed E-state index contributed by atoms with van der Waals surface area (Å²) in [5.74, 6) is 5.34. The van der Waals surface area contributed by atoms with Crippen molar-refractivity contribution in [1.82, 2.24) is 18.7 Å². The van der Waals surface area contributed by atoms with Crippen molar-refractivity contribution >= 4 is 23.1 Å². The number of anilines is 1. The van der Waals surface area contributed by atoms with Crippen molar-refractivity contribution in [3.8, 4) is 11.8 Å². The predicted octanol–water partition coefficient (Wildman–Crippen LogP) is 0.594. The number of carboxylic acid groups (broad SMARTS) is 1. The first kappa shape index (κ1) is 22.4. The minimum Gasteiger partial charge on any atom is -0.478 e. The zero-order valence-corrected chi connectivity index (χ0v) is 18.6. The molecule has 33 heavy (non-hydrogen) atoms. The molecule has 1 saturated heterocycles. The average molecular weight is 450 g/mol. The lowest BCUT2D eigenvalue weighted by Crippen LogP contribution is -2.44. The van der Waals surface area contributed by atoms with Crippen molar-refractivity contribution in [3.63, 3.8) is 0 Å². The van der Waals surface area contributed by atoms with Gasteiger partial charge in [0.15, 0.2) is 11.2 Å². The summed E-state index contributed by atoms with van der Waals surface area (Å²) in [4.78, 5) is 44.7. The third-order valence-electron chi connectivity index (χ3n) is 5.88. The third-order valence-corrected chi connectivity index (χ3v) is 5.88. The molecule has 0 amide bonds. The average Bonchev–Trinajstić information content (AvgIpc) is 3.19. The van der Waals surface area contributed by atoms with Gasteiger partial charge in [-0.15, -0.1) is 5.92 Å². The van der Waals surface area contributed by atoms with Crippen LogP contribution >= 0.6 is 0 Å². The maximum absolute atomic E-state index is 13.6. The number of hydrogen-bond donors (Lipinski definition) is 2. The molecule has 1 atom stereocenters. The van der Waals surface area contributed by atoms with Crippen LogP contribution in [0.25, 0.3) is 11.2 Å². The summed E-state index contributed by atoms with van der Waals surface area (Å²) < 4.78 is 4.20. The zero-order valence-electron chi connectivity index (χ0n) is 18.6. The number of hydrogen-bond acceptors (Lipinski definition) is 6. The van der Waals surface area contributed by atoms with E-state index in [-0.39, 0.29) is 35.9 Å². The molecule has 0 spiro atoms. The summed E-state index contributed by atoms with van der Waals surface area (Å²) in [6.07, 6.45) is 1.83. The minimum atomic E-state index is -1.08. The lowest BCUT2D eigenvalue weighted by molar-refractivity contribution is 0.0696. The van der Waals surface area contributed by atoms with E-state index in [4.69, 9.17) is 5.73 Å². The number of aromatic nitrogens is 4. The Labute approximate surface area is 189 Å². The molecule has 10 heteroatoms. The van der Waals surface area contributed by atoms with Gasteiger partial charge in [-0.3, -0.25) is 18.5 Å². The number of rotatable bonds is 5. The summed E-state index contributed by atoms with van der Waals surface area (Å²) in [7, 11) is 1.57. The maximum atomic E-state index is 13.6. The molecule has 172 valence electrons. The van der Waals surface area contributed by atoms with Gasteiger partial charge in [-0.2, -0.15) is 4.98 Å². The van der Waals surface area contributed by atoms with E-state index >= 15 is 0 Å². The molecule has 1 aliphatic rings. The van der Waals surface area contributed by atoms with Crippen LogP contribution in [0.5, 0.6) is 0 Å². The Kier molecular flexibility index (Phi) is 6.07. The Morgan fingerprint density at radius 1 is 1.30 bits per heavy atom. The first-order valence-electron chi connectivity index (χ1n) is 10.7. The molecule has 4 rings (SSSR count). The van der Waals surface area contributed by atoms with E-state index in [1.54, 1.807) is 30.7 Å². The number of aryl methyl sites for hydroxylation is 1. The van der Waals surface area contributed by atoms with Gasteiger partial charge in [0, 0.05) is 26.2 Å². The second kappa shape index (κ2) is 8.96. The van der Waals surface area contributed by atoms with Crippen molar-refractivity contribution in [1.29, 1.82) is 0 Å². The SMILES string of the molecule is CC#CCn1c(N2CCC[C@@H](N)C2)nc2c1c(=O)n(Cc1cccc(C(=O)O)c1)c(=O)n2C. The van der Waals surface area contributed by atoms with Crippen LogP contribution in [0, 0.1) is 11.8 Å². The van der Waals surface area contributed by atoms with Crippen molar-refractivity contribution < 1.29 is 9.90 Å². The highest BCUT2D eigenvalue weighted by atomic mass is 16.4. The molecule has 0 aliphatic carbocycles. The topological polar surface area (TPSA) is 128 Å². The van der Waals surface area contributed by atoms with Crippen LogP contribution < -0.4 is 21.9 Å². The number of nitrogens with two attached hydrogens (primary N) is 1. The molecule has 1 aliphatic heterocycles. The second-order valence-electron chi connectivity index (χ2n) is 8.18. The van der Waals surface area contributed by atoms with Crippen molar-refractivity contribution in [2.75, 3.05) is 18.0 Å². The van der Waals surface area contributed by atoms with Gasteiger partial charge in [0.05, 0.1) is 18.7 Å². The number of carbonyl (C=O) groups is 1. The first-order chi connectivity index (χ1) is 15.8. The van der Waals surface area contributed by atoms with E-state index < -0.39 is 17.2 Å². The molecule has 0 radical (unpaired) electrons. The maximum Gasteiger partial charge on any atom is 0.335 e. The smallest absolute Gasteiger partial charge is 0.335 e. The fourth-order valence-electron chi connectivity index (χ4n) is 4.23. The number of fused-ring (bicyclic) bond motifs is 1. The van der Waals surface area contributed by atoms with Crippen LogP contribution in [-0.2, 0) is 20.1 Å². The van der Waals surface area contributed by atoms with Gasteiger partial charge in [0.25, 0.3) is 5.56 Å². The van der Waals surface area contributed by atoms with Gasteiger partial charge < -0.3 is 15.7 Å². The van der Waals surface area contributed by atoms with Crippen molar-refractivity contribution in [2.45, 2.75) is 38.9 Å². The highest BCUT2D eigenvalue weighted by Crippen LogP contribution is 2.23. The normalized spacial score (nSPS) is 16.0. The Bertz CT molecular complexity index is 1400. The fourth-order valence-corrected chi connectivity index (χ4v) is 4.23. The molecule has 3 heterocycles. The quantitative estimate of drug-likeness (QED) is 0.545. The van der Waals surface area contributed by atoms with Crippen LogP contribution in [0.15, 0.2) is 33.9 Å². The van der Waals surface area contributed by atoms with E-state index in [2.05, 4.69) is 16.8 Å². The second-order valence-corrected chi connectivity index (χ2v) is 8.18. The van der Waals surface area contributed by atoms with Crippen LogP contribution in [0.4, 0.5) is 5.95 Å². The van der Waals surface area contributed by atoms with Gasteiger partial charge in [-0.05, 0) is 37.5 Å². The molecule has 2 aromatic heterocycles. The Balaban J connectivity index is 1.90. The van der Waals surface area contributed by atoms with E-state index in [1.807, 2.05) is 4.90 Å². The number of nitrogens with zero attached hydrogens (tertiary/aromatic N) is 5. The monoisotopic (exact) mass is 450 g/mol. The molecule has 10 nitrogen and oxygen atoms in total. The van der Waals surface area contributed by atoms with E-state index in [0.717, 1.165) is 24.0 Å². The summed E-state index contributed by atoms with van der Waals surface area (Å²) >= 11 is 0. The standard InChI is InChI=1S/C23H26N6O4/c1-3-4-11-28-18-19(25-22(28)27-10-6-9-17(24)14-27)26(2)23(33)29(20(18)30)13-15-7-5-8-16(12-15)21(31)32/h5,7-8,12,17H,6,9-11,13-14,24H2,1-2H3,(H,31,32)/t17-/m1/s1. The first-order valence-corrected chi connectivity index (χ1v) is 10.7. The number of piperidine rings is 1. The highest BCUT2D eigenvalue weighted by Gasteiger charge is 2.26. The summed E-state index contributed by atoms with van der Waals surface area (Å²) in [6.45, 7) is 3.26. The molecule has 0 unspecified atom stereocenters. The highest BCUT2D eigenvalue weighted by molar-refractivity contribution is 5.87. The largest absolute Gasteiger partial charge is 0.478 e. The van der Waals surface area contributed by atoms with Crippen molar-refractivity contribution in [3.05, 3.63) is 56.2 Å². The van der Waals surface area contributed by atoms with Crippen LogP contribution in [0.2, 0.25) is 0 Å². The number of imidazole rings is 1. The molecule has 1 aromatic carbocycles. The van der Waals surface area contributed by atoms with E-state index in [9.17, 15) is 19.5 Å². The number of benzene rings is 1. The van der Waals surface area contributed by atoms with Gasteiger partial charge >= 0.3 is 11.7 Å².